The first-order chi connectivity index (χ1) is 19.0. The van der Waals surface area contributed by atoms with Crippen molar-refractivity contribution in [3.8, 4) is 28.4 Å². The molecule has 1 aliphatic heterocycles. The number of carboxylic acids is 1. The lowest BCUT2D eigenvalue weighted by atomic mass is 9.95. The molecule has 0 saturated heterocycles. The highest BCUT2D eigenvalue weighted by Crippen LogP contribution is 2.34. The van der Waals surface area contributed by atoms with Crippen molar-refractivity contribution < 1.29 is 28.9 Å². The summed E-state index contributed by atoms with van der Waals surface area (Å²) in [6.07, 6.45) is 5.38. The molecule has 3 aromatic carbocycles. The number of benzene rings is 3. The van der Waals surface area contributed by atoms with Crippen LogP contribution in [0.15, 0.2) is 79.1 Å². The quantitative estimate of drug-likeness (QED) is 0.286. The Bertz CT molecular complexity index is 1490. The Morgan fingerprint density at radius 3 is 2.69 bits per heavy atom. The lowest BCUT2D eigenvalue weighted by Crippen LogP contribution is -2.41. The molecule has 0 spiro atoms. The molecule has 39 heavy (non-hydrogen) atoms. The molecule has 0 aliphatic carbocycles. The Morgan fingerprint density at radius 2 is 1.87 bits per heavy atom. The molecule has 1 aromatic heterocycles. The highest BCUT2D eigenvalue weighted by molar-refractivity contribution is 7.98. The van der Waals surface area contributed by atoms with Gasteiger partial charge in [-0.25, -0.2) is 4.79 Å². The number of aromatic nitrogens is 1. The van der Waals surface area contributed by atoms with Gasteiger partial charge in [-0.1, -0.05) is 36.4 Å². The summed E-state index contributed by atoms with van der Waals surface area (Å²) in [5, 5.41) is 14.2. The molecule has 2 N–H and O–H groups in total. The van der Waals surface area contributed by atoms with E-state index in [0.717, 1.165) is 16.3 Å². The molecule has 1 aliphatic rings. The van der Waals surface area contributed by atoms with Gasteiger partial charge >= 0.3 is 5.97 Å². The fourth-order valence-electron chi connectivity index (χ4n) is 4.43. The van der Waals surface area contributed by atoms with Gasteiger partial charge in [-0.05, 0) is 54.1 Å². The molecule has 9 heteroatoms. The zero-order valence-corrected chi connectivity index (χ0v) is 22.1. The van der Waals surface area contributed by atoms with E-state index in [9.17, 15) is 14.7 Å². The number of fused-ring (bicyclic) bond motifs is 2. The van der Waals surface area contributed by atoms with Crippen molar-refractivity contribution >= 4 is 34.4 Å². The smallest absolute Gasteiger partial charge is 0.326 e. The number of amides is 1. The first kappa shape index (κ1) is 26.4. The highest BCUT2D eigenvalue weighted by Gasteiger charge is 2.24. The van der Waals surface area contributed by atoms with Gasteiger partial charge in [0, 0.05) is 34.5 Å². The summed E-state index contributed by atoms with van der Waals surface area (Å²) in [5.41, 5.74) is 1.67. The molecule has 0 bridgehead atoms. The summed E-state index contributed by atoms with van der Waals surface area (Å²) in [6.45, 7) is 0.590. The first-order valence-corrected chi connectivity index (χ1v) is 13.9. The molecule has 0 saturated carbocycles. The standard InChI is InChI=1S/C30H28N2O6S/c1-39-13-12-26(30(34)35)32-29(33)23-11-10-20(36-17-21-18-37-27-8-4-5-9-28(27)38-21)14-24(23)25-16-31-15-19-6-2-3-7-22(19)25/h2-11,14-16,21,26H,12-13,17-18H2,1H3,(H,32,33)(H,34,35)/t21?,26-/m0/s1. The minimum atomic E-state index is -1.07. The van der Waals surface area contributed by atoms with E-state index in [-0.39, 0.29) is 12.7 Å². The van der Waals surface area contributed by atoms with Gasteiger partial charge in [0.2, 0.25) is 0 Å². The molecule has 1 unspecified atom stereocenters. The number of carbonyl (C=O) groups is 2. The molecule has 5 rings (SSSR count). The zero-order chi connectivity index (χ0) is 27.2. The van der Waals surface area contributed by atoms with Gasteiger partial charge in [-0.2, -0.15) is 11.8 Å². The normalized spacial score (nSPS) is 14.9. The number of carbonyl (C=O) groups excluding carboxylic acids is 1. The number of thioether (sulfide) groups is 1. The summed E-state index contributed by atoms with van der Waals surface area (Å²) < 4.78 is 17.9. The van der Waals surface area contributed by atoms with Crippen LogP contribution in [0.1, 0.15) is 16.8 Å². The van der Waals surface area contributed by atoms with Crippen LogP contribution in [0.4, 0.5) is 0 Å². The predicted octanol–water partition coefficient (Wildman–Crippen LogP) is 5.06. The second kappa shape index (κ2) is 12.1. The highest BCUT2D eigenvalue weighted by atomic mass is 32.2. The van der Waals surface area contributed by atoms with Gasteiger partial charge in [0.05, 0.1) is 0 Å². The maximum absolute atomic E-state index is 13.4. The molecule has 2 atom stereocenters. The van der Waals surface area contributed by atoms with E-state index in [1.165, 1.54) is 11.8 Å². The molecule has 0 fully saturated rings. The average Bonchev–Trinajstić information content (AvgIpc) is 2.97. The van der Waals surface area contributed by atoms with Gasteiger partial charge < -0.3 is 24.6 Å². The monoisotopic (exact) mass is 544 g/mol. The van der Waals surface area contributed by atoms with E-state index in [1.54, 1.807) is 30.6 Å². The second-order valence-corrected chi connectivity index (χ2v) is 10.1. The Labute approximate surface area is 230 Å². The lowest BCUT2D eigenvalue weighted by Gasteiger charge is -2.26. The van der Waals surface area contributed by atoms with Crippen LogP contribution in [0.25, 0.3) is 21.9 Å². The summed E-state index contributed by atoms with van der Waals surface area (Å²) in [4.78, 5) is 29.6. The number of rotatable bonds is 10. The number of ether oxygens (including phenoxy) is 3. The van der Waals surface area contributed by atoms with Crippen LogP contribution >= 0.6 is 11.8 Å². The minimum absolute atomic E-state index is 0.239. The number of hydrogen-bond acceptors (Lipinski definition) is 7. The van der Waals surface area contributed by atoms with Gasteiger partial charge in [-0.3, -0.25) is 9.78 Å². The third kappa shape index (κ3) is 6.09. The van der Waals surface area contributed by atoms with Crippen LogP contribution in [-0.2, 0) is 4.79 Å². The Kier molecular flexibility index (Phi) is 8.17. The van der Waals surface area contributed by atoms with E-state index >= 15 is 0 Å². The largest absolute Gasteiger partial charge is 0.490 e. The zero-order valence-electron chi connectivity index (χ0n) is 21.3. The maximum atomic E-state index is 13.4. The molecule has 0 radical (unpaired) electrons. The van der Waals surface area contributed by atoms with Crippen molar-refractivity contribution in [2.75, 3.05) is 25.2 Å². The van der Waals surface area contributed by atoms with Crippen LogP contribution in [0.2, 0.25) is 0 Å². The van der Waals surface area contributed by atoms with Crippen molar-refractivity contribution in [2.45, 2.75) is 18.6 Å². The summed E-state index contributed by atoms with van der Waals surface area (Å²) in [6, 6.07) is 19.4. The predicted molar refractivity (Wildman–Crippen MR) is 151 cm³/mol. The van der Waals surface area contributed by atoms with Crippen LogP contribution < -0.4 is 19.5 Å². The van der Waals surface area contributed by atoms with E-state index in [1.807, 2.05) is 54.8 Å². The van der Waals surface area contributed by atoms with E-state index < -0.39 is 17.9 Å². The molecule has 1 amide bonds. The first-order valence-electron chi connectivity index (χ1n) is 12.5. The van der Waals surface area contributed by atoms with Crippen LogP contribution in [0, 0.1) is 0 Å². The van der Waals surface area contributed by atoms with Crippen molar-refractivity contribution in [3.05, 3.63) is 84.7 Å². The van der Waals surface area contributed by atoms with E-state index in [2.05, 4.69) is 10.3 Å². The van der Waals surface area contributed by atoms with Crippen LogP contribution in [0.5, 0.6) is 17.2 Å². The molecular formula is C30H28N2O6S. The van der Waals surface area contributed by atoms with Crippen LogP contribution in [0.3, 0.4) is 0 Å². The van der Waals surface area contributed by atoms with E-state index in [0.29, 0.717) is 47.2 Å². The van der Waals surface area contributed by atoms with Gasteiger partial charge in [0.15, 0.2) is 17.6 Å². The molecular weight excluding hydrogens is 516 g/mol. The molecule has 8 nitrogen and oxygen atoms in total. The lowest BCUT2D eigenvalue weighted by molar-refractivity contribution is -0.139. The number of carboxylic acid groups (broad SMARTS) is 1. The summed E-state index contributed by atoms with van der Waals surface area (Å²) >= 11 is 1.53. The Hall–Kier alpha value is -4.24. The van der Waals surface area contributed by atoms with Gasteiger partial charge in [-0.15, -0.1) is 0 Å². The fourth-order valence-corrected chi connectivity index (χ4v) is 4.90. The number of nitrogens with zero attached hydrogens (tertiary/aromatic N) is 1. The van der Waals surface area contributed by atoms with Crippen molar-refractivity contribution in [1.82, 2.24) is 10.3 Å². The van der Waals surface area contributed by atoms with Crippen molar-refractivity contribution in [1.29, 1.82) is 0 Å². The number of aliphatic carboxylic acids is 1. The number of nitrogens with one attached hydrogen (secondary N) is 1. The molecule has 4 aromatic rings. The topological polar surface area (TPSA) is 107 Å². The summed E-state index contributed by atoms with van der Waals surface area (Å²) in [7, 11) is 0. The fraction of sp³-hybridized carbons (Fsp3) is 0.233. The average molecular weight is 545 g/mol. The summed E-state index contributed by atoms with van der Waals surface area (Å²) in [5.74, 6) is 0.977. The van der Waals surface area contributed by atoms with Gasteiger partial charge in [0.1, 0.15) is 25.0 Å². The SMILES string of the molecule is CSCC[C@H](NC(=O)c1ccc(OCC2COc3ccccc3O2)cc1-c1cncc2ccccc12)C(=O)O. The Morgan fingerprint density at radius 1 is 1.08 bits per heavy atom. The maximum Gasteiger partial charge on any atom is 0.326 e. The molecule has 200 valence electrons. The second-order valence-electron chi connectivity index (χ2n) is 9.07. The minimum Gasteiger partial charge on any atom is -0.490 e. The van der Waals surface area contributed by atoms with Crippen molar-refractivity contribution in [3.63, 3.8) is 0 Å². The van der Waals surface area contributed by atoms with Crippen molar-refractivity contribution in [2.24, 2.45) is 0 Å². The number of pyridine rings is 1. The Balaban J connectivity index is 1.44. The third-order valence-electron chi connectivity index (χ3n) is 6.41. The van der Waals surface area contributed by atoms with E-state index in [4.69, 9.17) is 14.2 Å². The molecule has 2 heterocycles. The third-order valence-corrected chi connectivity index (χ3v) is 7.06. The number of para-hydroxylation sites is 2. The number of hydrogen-bond donors (Lipinski definition) is 2. The van der Waals surface area contributed by atoms with Gasteiger partial charge in [0.25, 0.3) is 5.91 Å². The van der Waals surface area contributed by atoms with Crippen LogP contribution in [-0.4, -0.2) is 59.3 Å².